The van der Waals surface area contributed by atoms with Gasteiger partial charge < -0.3 is 20.1 Å². The summed E-state index contributed by atoms with van der Waals surface area (Å²) in [6.07, 6.45) is 0. The number of anilines is 1. The predicted octanol–water partition coefficient (Wildman–Crippen LogP) is 3.84. The third-order valence-corrected chi connectivity index (χ3v) is 4.09. The summed E-state index contributed by atoms with van der Waals surface area (Å²) in [7, 11) is 1.36. The molecule has 2 aromatic carbocycles. The second kappa shape index (κ2) is 9.20. The van der Waals surface area contributed by atoms with Crippen LogP contribution in [0.5, 0.6) is 5.75 Å². The van der Waals surface area contributed by atoms with Crippen LogP contribution in [0.15, 0.2) is 42.5 Å². The molecule has 2 rings (SSSR count). The zero-order valence-electron chi connectivity index (χ0n) is 15.5. The number of esters is 1. The van der Waals surface area contributed by atoms with Crippen molar-refractivity contribution in [1.82, 2.24) is 5.32 Å². The van der Waals surface area contributed by atoms with Crippen LogP contribution in [0.3, 0.4) is 0 Å². The molecule has 0 aliphatic heterocycles. The molecule has 6 heteroatoms. The van der Waals surface area contributed by atoms with E-state index in [9.17, 15) is 4.79 Å². The zero-order valence-corrected chi connectivity index (χ0v) is 16.3. The van der Waals surface area contributed by atoms with E-state index in [0.29, 0.717) is 17.3 Å². The van der Waals surface area contributed by atoms with Crippen molar-refractivity contribution in [2.24, 2.45) is 0 Å². The first-order valence-corrected chi connectivity index (χ1v) is 8.76. The van der Waals surface area contributed by atoms with Crippen LogP contribution < -0.4 is 15.4 Å². The van der Waals surface area contributed by atoms with Crippen LogP contribution in [-0.4, -0.2) is 30.8 Å². The highest BCUT2D eigenvalue weighted by molar-refractivity contribution is 7.80. The molecular weight excluding hydrogens is 348 g/mol. The monoisotopic (exact) mass is 372 g/mol. The number of hydrogen-bond donors (Lipinski definition) is 2. The van der Waals surface area contributed by atoms with Crippen LogP contribution in [0.1, 0.15) is 28.4 Å². The fraction of sp³-hybridized carbons (Fsp3) is 0.300. The topological polar surface area (TPSA) is 59.6 Å². The maximum atomic E-state index is 11.7. The third kappa shape index (κ3) is 5.46. The van der Waals surface area contributed by atoms with Crippen molar-refractivity contribution < 1.29 is 14.3 Å². The Bertz CT molecular complexity index is 792. The van der Waals surface area contributed by atoms with E-state index < -0.39 is 0 Å². The molecule has 0 saturated carbocycles. The number of nitrogens with one attached hydrogen (secondary N) is 2. The van der Waals surface area contributed by atoms with Crippen LogP contribution in [0.25, 0.3) is 0 Å². The van der Waals surface area contributed by atoms with E-state index in [-0.39, 0.29) is 12.0 Å². The number of aryl methyl sites for hydroxylation is 2. The summed E-state index contributed by atoms with van der Waals surface area (Å²) in [4.78, 5) is 11.7. The lowest BCUT2D eigenvalue weighted by atomic mass is 10.1. The van der Waals surface area contributed by atoms with Gasteiger partial charge in [0.2, 0.25) is 0 Å². The van der Waals surface area contributed by atoms with E-state index in [2.05, 4.69) is 10.6 Å². The van der Waals surface area contributed by atoms with Crippen LogP contribution >= 0.6 is 12.2 Å². The molecule has 2 N–H and O–H groups in total. The normalized spacial score (nSPS) is 11.4. The average Bonchev–Trinajstić information content (AvgIpc) is 2.62. The fourth-order valence-electron chi connectivity index (χ4n) is 2.36. The van der Waals surface area contributed by atoms with Gasteiger partial charge >= 0.3 is 5.97 Å². The molecule has 0 aromatic heterocycles. The number of carbonyl (C=O) groups is 1. The lowest BCUT2D eigenvalue weighted by Gasteiger charge is -2.19. The first kappa shape index (κ1) is 19.7. The van der Waals surface area contributed by atoms with Crippen molar-refractivity contribution in [3.05, 3.63) is 59.2 Å². The molecule has 2 aromatic rings. The van der Waals surface area contributed by atoms with Gasteiger partial charge in [-0.3, -0.25) is 0 Å². The molecule has 5 nitrogen and oxygen atoms in total. The summed E-state index contributed by atoms with van der Waals surface area (Å²) in [5.41, 5.74) is 3.30. The number of hydrogen-bond acceptors (Lipinski definition) is 4. The number of methoxy groups -OCH3 is 1. The van der Waals surface area contributed by atoms with E-state index in [4.69, 9.17) is 21.7 Å². The summed E-state index contributed by atoms with van der Waals surface area (Å²) in [5.74, 6) is 0.480. The Morgan fingerprint density at radius 3 is 2.58 bits per heavy atom. The van der Waals surface area contributed by atoms with Crippen LogP contribution in [0.4, 0.5) is 5.69 Å². The summed E-state index contributed by atoms with van der Waals surface area (Å²) < 4.78 is 10.6. The summed E-state index contributed by atoms with van der Waals surface area (Å²) >= 11 is 5.37. The number of para-hydroxylation sites is 1. The number of thiocarbonyl (C=S) groups is 1. The maximum Gasteiger partial charge on any atom is 0.337 e. The largest absolute Gasteiger partial charge is 0.491 e. The first-order chi connectivity index (χ1) is 12.4. The minimum absolute atomic E-state index is 0.0127. The molecule has 26 heavy (non-hydrogen) atoms. The summed E-state index contributed by atoms with van der Waals surface area (Å²) in [6.45, 7) is 6.42. The van der Waals surface area contributed by atoms with Gasteiger partial charge in [0, 0.05) is 5.69 Å². The van der Waals surface area contributed by atoms with Crippen molar-refractivity contribution in [2.75, 3.05) is 19.0 Å². The third-order valence-electron chi connectivity index (χ3n) is 3.87. The van der Waals surface area contributed by atoms with Crippen molar-refractivity contribution in [2.45, 2.75) is 26.8 Å². The first-order valence-electron chi connectivity index (χ1n) is 8.35. The van der Waals surface area contributed by atoms with Gasteiger partial charge in [0.25, 0.3) is 0 Å². The van der Waals surface area contributed by atoms with Crippen LogP contribution in [-0.2, 0) is 4.74 Å². The predicted molar refractivity (Wildman–Crippen MR) is 108 cm³/mol. The second-order valence-electron chi connectivity index (χ2n) is 6.10. The molecule has 0 bridgehead atoms. The Morgan fingerprint density at radius 1 is 1.15 bits per heavy atom. The Kier molecular flexibility index (Phi) is 6.97. The average molecular weight is 372 g/mol. The Morgan fingerprint density at radius 2 is 1.88 bits per heavy atom. The highest BCUT2D eigenvalue weighted by Crippen LogP contribution is 2.18. The quantitative estimate of drug-likeness (QED) is 0.593. The SMILES string of the molecule is COC(=O)c1ccc(C)c(NC(=S)NC(C)COc2ccccc2C)c1. The van der Waals surface area contributed by atoms with Gasteiger partial charge in [-0.1, -0.05) is 24.3 Å². The molecule has 0 aliphatic rings. The molecule has 0 aliphatic carbocycles. The summed E-state index contributed by atoms with van der Waals surface area (Å²) in [5, 5.41) is 6.78. The Balaban J connectivity index is 1.91. The van der Waals surface area contributed by atoms with Gasteiger partial charge in [-0.25, -0.2) is 4.79 Å². The zero-order chi connectivity index (χ0) is 19.1. The molecule has 0 saturated heterocycles. The standard InChI is InChI=1S/C20H24N2O3S/c1-13-9-10-16(19(23)24-4)11-17(13)22-20(26)21-15(3)12-25-18-8-6-5-7-14(18)2/h5-11,15H,12H2,1-4H3,(H2,21,22,26). The lowest BCUT2D eigenvalue weighted by molar-refractivity contribution is 0.0601. The van der Waals surface area contributed by atoms with E-state index in [1.165, 1.54) is 7.11 Å². The molecule has 0 fully saturated rings. The van der Waals surface area contributed by atoms with Crippen LogP contribution in [0, 0.1) is 13.8 Å². The van der Waals surface area contributed by atoms with Gasteiger partial charge in [-0.05, 0) is 62.3 Å². The highest BCUT2D eigenvalue weighted by Gasteiger charge is 2.11. The lowest BCUT2D eigenvalue weighted by Crippen LogP contribution is -2.39. The van der Waals surface area contributed by atoms with E-state index in [1.807, 2.05) is 51.1 Å². The van der Waals surface area contributed by atoms with Crippen molar-refractivity contribution >= 4 is 29.0 Å². The molecule has 0 radical (unpaired) electrons. The molecular formula is C20H24N2O3S. The molecule has 0 amide bonds. The van der Waals surface area contributed by atoms with Gasteiger partial charge in [-0.2, -0.15) is 0 Å². The smallest absolute Gasteiger partial charge is 0.337 e. The van der Waals surface area contributed by atoms with E-state index in [1.54, 1.807) is 12.1 Å². The van der Waals surface area contributed by atoms with Gasteiger partial charge in [0.15, 0.2) is 5.11 Å². The van der Waals surface area contributed by atoms with E-state index in [0.717, 1.165) is 22.6 Å². The van der Waals surface area contributed by atoms with Crippen molar-refractivity contribution in [3.8, 4) is 5.75 Å². The molecule has 1 unspecified atom stereocenters. The minimum atomic E-state index is -0.382. The van der Waals surface area contributed by atoms with E-state index >= 15 is 0 Å². The fourth-order valence-corrected chi connectivity index (χ4v) is 2.67. The van der Waals surface area contributed by atoms with Gasteiger partial charge in [0.05, 0.1) is 18.7 Å². The van der Waals surface area contributed by atoms with Gasteiger partial charge in [-0.15, -0.1) is 0 Å². The van der Waals surface area contributed by atoms with Crippen LogP contribution in [0.2, 0.25) is 0 Å². The molecule has 1 atom stereocenters. The van der Waals surface area contributed by atoms with Crippen molar-refractivity contribution in [3.63, 3.8) is 0 Å². The Labute approximate surface area is 159 Å². The molecule has 138 valence electrons. The number of carbonyl (C=O) groups excluding carboxylic acids is 1. The van der Waals surface area contributed by atoms with Crippen molar-refractivity contribution in [1.29, 1.82) is 0 Å². The molecule has 0 spiro atoms. The Hall–Kier alpha value is -2.60. The highest BCUT2D eigenvalue weighted by atomic mass is 32.1. The number of benzene rings is 2. The molecule has 0 heterocycles. The maximum absolute atomic E-state index is 11.7. The van der Waals surface area contributed by atoms with Gasteiger partial charge in [0.1, 0.15) is 12.4 Å². The number of rotatable bonds is 6. The minimum Gasteiger partial charge on any atom is -0.491 e. The summed E-state index contributed by atoms with van der Waals surface area (Å²) in [6, 6.07) is 13.2. The number of ether oxygens (including phenoxy) is 2. The second-order valence-corrected chi connectivity index (χ2v) is 6.51.